The molecule has 0 radical (unpaired) electrons. The topological polar surface area (TPSA) is 421 Å². The van der Waals surface area contributed by atoms with Crippen LogP contribution in [-0.2, 0) is 80.2 Å². The molecule has 0 atom stereocenters. The Morgan fingerprint density at radius 3 is 0.606 bits per heavy atom. The summed E-state index contributed by atoms with van der Waals surface area (Å²) in [5, 5.41) is -1.65. The van der Waals surface area contributed by atoms with Gasteiger partial charge in [-0.15, -0.1) is 0 Å². The first kappa shape index (κ1) is 75.7. The van der Waals surface area contributed by atoms with E-state index >= 15 is 0 Å². The molecule has 518 valence electrons. The van der Waals surface area contributed by atoms with Crippen LogP contribution in [0.15, 0.2) is 285 Å². The normalized spacial score (nSPS) is 12.1. The fraction of sp³-hybridized carbons (Fsp3) is 0. The van der Waals surface area contributed by atoms with Crippen molar-refractivity contribution in [2.45, 2.75) is 29.8 Å². The van der Waals surface area contributed by atoms with E-state index in [1.807, 2.05) is 91.0 Å². The minimum atomic E-state index is -5.44. The predicted octanol–water partition coefficient (Wildman–Crippen LogP) is 11.1. The molecule has 15 rings (SSSR count). The predicted molar refractivity (Wildman–Crippen MR) is 379 cm³/mol. The van der Waals surface area contributed by atoms with Gasteiger partial charge in [0.15, 0.2) is 15.1 Å². The van der Waals surface area contributed by atoms with Gasteiger partial charge in [-0.1, -0.05) is 218 Å². The Morgan fingerprint density at radius 1 is 0.221 bits per heavy atom. The van der Waals surface area contributed by atoms with E-state index in [0.717, 1.165) is 33.4 Å². The Labute approximate surface area is 628 Å². The SMILES string of the molecule is O=S(=O)([O-])c1nc2c(ccc3c(-c4ccccc4)ccnc32)c(-c2ccccc2)c1S(=O)(=O)[O-].O=S(=O)([O-])c1nc2c(ccc3c(-c4ccccc4)ccnc32)c(-c2ccccc2)c1S(=O)(=O)[O-].O=S(=O)([O-])c1nc2c(ccc3c(-c4ccccc4)ccnc32)c(-c2ccccc2)c1S(=O)(=O)[O-].[NaH].[Ru+2]. The van der Waals surface area contributed by atoms with Gasteiger partial charge in [-0.2, -0.15) is 0 Å². The summed E-state index contributed by atoms with van der Waals surface area (Å²) in [6.45, 7) is 0. The van der Waals surface area contributed by atoms with Gasteiger partial charge in [0.05, 0.1) is 47.8 Å². The molecule has 0 bridgehead atoms. The van der Waals surface area contributed by atoms with Gasteiger partial charge in [-0.3, -0.25) is 15.0 Å². The van der Waals surface area contributed by atoms with Gasteiger partial charge < -0.3 is 27.3 Å². The van der Waals surface area contributed by atoms with Crippen LogP contribution in [0.4, 0.5) is 0 Å². The maximum absolute atomic E-state index is 12.2. The molecule has 0 aliphatic rings. The quantitative estimate of drug-likeness (QED) is 0.0623. The van der Waals surface area contributed by atoms with Gasteiger partial charge in [0.1, 0.15) is 60.7 Å². The zero-order chi connectivity index (χ0) is 72.3. The van der Waals surface area contributed by atoms with Crippen LogP contribution in [0.2, 0.25) is 0 Å². The molecule has 6 heterocycles. The summed E-state index contributed by atoms with van der Waals surface area (Å²) in [6, 6.07) is 66.9. The van der Waals surface area contributed by atoms with E-state index in [-0.39, 0.29) is 132 Å². The van der Waals surface area contributed by atoms with Crippen LogP contribution in [0, 0.1) is 0 Å². The van der Waals surface area contributed by atoms with Crippen LogP contribution in [0.25, 0.3) is 132 Å². The third-order valence-electron chi connectivity index (χ3n) is 16.3. The fourth-order valence-corrected chi connectivity index (χ4v) is 17.8. The van der Waals surface area contributed by atoms with Crippen molar-refractivity contribution in [1.29, 1.82) is 0 Å². The average Bonchev–Trinajstić information content (AvgIpc) is 0.736. The van der Waals surface area contributed by atoms with Crippen LogP contribution in [0.5, 0.6) is 0 Å². The van der Waals surface area contributed by atoms with Crippen molar-refractivity contribution in [2.75, 3.05) is 0 Å². The molecule has 0 fully saturated rings. The van der Waals surface area contributed by atoms with Crippen molar-refractivity contribution in [3.05, 3.63) is 255 Å². The minimum absolute atomic E-state index is 0. The first-order valence-electron chi connectivity index (χ1n) is 29.8. The molecule has 0 saturated carbocycles. The van der Waals surface area contributed by atoms with E-state index in [1.54, 1.807) is 109 Å². The number of pyridine rings is 6. The minimum Gasteiger partial charge on any atom is 2.00 e. The number of hydrogen-bond donors (Lipinski definition) is 0. The van der Waals surface area contributed by atoms with Crippen LogP contribution < -0.4 is 0 Å². The van der Waals surface area contributed by atoms with Crippen LogP contribution in [0.3, 0.4) is 0 Å². The van der Waals surface area contributed by atoms with Gasteiger partial charge in [0.25, 0.3) is 0 Å². The molecule has 0 aliphatic carbocycles. The zero-order valence-electron chi connectivity index (χ0n) is 52.1. The monoisotopic (exact) mass is 1600 g/mol. The van der Waals surface area contributed by atoms with E-state index in [0.29, 0.717) is 16.2 Å². The van der Waals surface area contributed by atoms with Gasteiger partial charge >= 0.3 is 49.0 Å². The van der Waals surface area contributed by atoms with Gasteiger partial charge in [-0.25, -0.2) is 65.5 Å². The Morgan fingerprint density at radius 2 is 0.413 bits per heavy atom. The van der Waals surface area contributed by atoms with Crippen molar-refractivity contribution < 1.29 is 97.3 Å². The maximum Gasteiger partial charge on any atom is 2.00 e. The zero-order valence-corrected chi connectivity index (χ0v) is 58.7. The van der Waals surface area contributed by atoms with E-state index in [2.05, 4.69) is 29.9 Å². The Balaban J connectivity index is 0.000000155. The van der Waals surface area contributed by atoms with E-state index in [1.165, 1.54) is 55.0 Å². The van der Waals surface area contributed by atoms with Gasteiger partial charge in [0, 0.05) is 67.6 Å². The molecule has 0 saturated heterocycles. The summed E-state index contributed by atoms with van der Waals surface area (Å²) in [4.78, 5) is 21.3. The average molecular weight is 1600 g/mol. The third-order valence-corrected chi connectivity index (χ3v) is 21.7. The van der Waals surface area contributed by atoms with Crippen molar-refractivity contribution in [2.24, 2.45) is 0 Å². The van der Waals surface area contributed by atoms with Crippen molar-refractivity contribution in [1.82, 2.24) is 29.9 Å². The molecule has 0 aliphatic heterocycles. The van der Waals surface area contributed by atoms with Crippen molar-refractivity contribution in [3.63, 3.8) is 0 Å². The van der Waals surface area contributed by atoms with E-state index < -0.39 is 90.5 Å². The second-order valence-electron chi connectivity index (χ2n) is 22.4. The Hall–Kier alpha value is -9.48. The molecule has 24 nitrogen and oxygen atoms in total. The van der Waals surface area contributed by atoms with Crippen molar-refractivity contribution >= 4 is 156 Å². The number of aromatic nitrogens is 6. The molecule has 0 N–H and O–H groups in total. The standard InChI is InChI=1S/3C24H16N2O6S2.Na.Ru.H/c3*27-33(28,29)23-20(16-9-5-2-6-10-16)19-12-11-18-17(15-7-3-1-4-8-15)13-14-25-21(18)22(19)26-24(23)34(30,31)32;;;/h3*1-14H,(H,27,28,29)(H,30,31,32);;;/q;;;;+2;/p-6. The summed E-state index contributed by atoms with van der Waals surface area (Å²) in [5.74, 6) is 0. The number of fused-ring (bicyclic) bond motifs is 9. The first-order chi connectivity index (χ1) is 48.5. The molecule has 9 aromatic carbocycles. The summed E-state index contributed by atoms with van der Waals surface area (Å²) in [7, 11) is -32.5. The van der Waals surface area contributed by atoms with Crippen LogP contribution >= 0.6 is 0 Å². The fourth-order valence-electron chi connectivity index (χ4n) is 12.2. The number of nitrogens with zero attached hydrogens (tertiary/aromatic N) is 6. The largest absolute Gasteiger partial charge is 2.00 e. The van der Waals surface area contributed by atoms with E-state index in [4.69, 9.17) is 0 Å². The molecule has 0 amide bonds. The summed E-state index contributed by atoms with van der Waals surface area (Å²) < 4.78 is 219. The van der Waals surface area contributed by atoms with Crippen LogP contribution in [0.1, 0.15) is 0 Å². The molecule has 104 heavy (non-hydrogen) atoms. The molecular formula is C72H43N6NaO18RuS6-4. The molecule has 0 unspecified atom stereocenters. The third kappa shape index (κ3) is 15.0. The maximum atomic E-state index is 12.2. The molecule has 15 aromatic rings. The Kier molecular flexibility index (Phi) is 21.5. The Bertz CT molecular complexity index is 6020. The van der Waals surface area contributed by atoms with Gasteiger partial charge in [0.2, 0.25) is 0 Å². The van der Waals surface area contributed by atoms with E-state index in [9.17, 15) is 77.8 Å². The number of benzene rings is 9. The molecular weight excluding hydrogens is 1550 g/mol. The number of rotatable bonds is 12. The van der Waals surface area contributed by atoms with Crippen LogP contribution in [-0.4, -0.2) is 137 Å². The second kappa shape index (κ2) is 29.6. The molecule has 0 spiro atoms. The summed E-state index contributed by atoms with van der Waals surface area (Å²) in [6.07, 6.45) is 4.53. The summed E-state index contributed by atoms with van der Waals surface area (Å²) >= 11 is 0. The smallest absolute Gasteiger partial charge is 2.00 e. The number of hydrogen-bond acceptors (Lipinski definition) is 24. The second-order valence-corrected chi connectivity index (χ2v) is 30.3. The molecule has 32 heteroatoms. The summed E-state index contributed by atoms with van der Waals surface area (Å²) in [5.41, 5.74) is 5.83. The van der Waals surface area contributed by atoms with Gasteiger partial charge in [-0.05, 0) is 68.3 Å². The van der Waals surface area contributed by atoms with Crippen molar-refractivity contribution in [3.8, 4) is 66.8 Å². The molecule has 6 aromatic heterocycles. The first-order valence-corrected chi connectivity index (χ1v) is 38.3.